The van der Waals surface area contributed by atoms with Crippen molar-refractivity contribution in [3.05, 3.63) is 29.8 Å². The predicted octanol–water partition coefficient (Wildman–Crippen LogP) is 5.58. The van der Waals surface area contributed by atoms with E-state index in [1.54, 1.807) is 5.56 Å². The average molecular weight is 259 g/mol. The van der Waals surface area contributed by atoms with Gasteiger partial charge in [-0.3, -0.25) is 0 Å². The SMILES string of the molecule is CCCCC(CC)CC1CC(C)Nc2ccccc21. The molecule has 1 aromatic carbocycles. The van der Waals surface area contributed by atoms with Gasteiger partial charge in [0.1, 0.15) is 0 Å². The minimum atomic E-state index is 0.614. The van der Waals surface area contributed by atoms with Crippen LogP contribution >= 0.6 is 0 Å². The van der Waals surface area contributed by atoms with Crippen molar-refractivity contribution in [1.82, 2.24) is 0 Å². The maximum Gasteiger partial charge on any atom is 0.0377 e. The molecule has 1 aromatic rings. The fraction of sp³-hybridized carbons (Fsp3) is 0.667. The number of para-hydroxylation sites is 1. The first-order chi connectivity index (χ1) is 9.24. The molecule has 106 valence electrons. The summed E-state index contributed by atoms with van der Waals surface area (Å²) in [6, 6.07) is 9.52. The van der Waals surface area contributed by atoms with Gasteiger partial charge in [-0.1, -0.05) is 57.7 Å². The second kappa shape index (κ2) is 6.98. The molecule has 0 spiro atoms. The monoisotopic (exact) mass is 259 g/mol. The molecule has 0 bridgehead atoms. The second-order valence-electron chi connectivity index (χ2n) is 6.22. The maximum atomic E-state index is 3.62. The molecule has 3 atom stereocenters. The molecule has 19 heavy (non-hydrogen) atoms. The van der Waals surface area contributed by atoms with Crippen molar-refractivity contribution in [1.29, 1.82) is 0 Å². The highest BCUT2D eigenvalue weighted by atomic mass is 14.9. The van der Waals surface area contributed by atoms with Crippen LogP contribution in [0.15, 0.2) is 24.3 Å². The number of rotatable bonds is 6. The van der Waals surface area contributed by atoms with Gasteiger partial charge in [-0.05, 0) is 43.2 Å². The molecule has 0 amide bonds. The summed E-state index contributed by atoms with van der Waals surface area (Å²) in [6.45, 7) is 6.97. The van der Waals surface area contributed by atoms with Gasteiger partial charge in [-0.2, -0.15) is 0 Å². The van der Waals surface area contributed by atoms with Gasteiger partial charge in [-0.25, -0.2) is 0 Å². The third-order valence-electron chi connectivity index (χ3n) is 4.60. The van der Waals surface area contributed by atoms with Gasteiger partial charge in [0.25, 0.3) is 0 Å². The van der Waals surface area contributed by atoms with Crippen molar-refractivity contribution in [2.24, 2.45) is 5.92 Å². The summed E-state index contributed by atoms with van der Waals surface area (Å²) < 4.78 is 0. The first-order valence-corrected chi connectivity index (χ1v) is 8.10. The Kier molecular flexibility index (Phi) is 5.30. The molecule has 1 nitrogen and oxygen atoms in total. The molecule has 0 saturated heterocycles. The van der Waals surface area contributed by atoms with Gasteiger partial charge < -0.3 is 5.32 Å². The van der Waals surface area contributed by atoms with E-state index in [1.165, 1.54) is 44.2 Å². The minimum Gasteiger partial charge on any atom is -0.382 e. The number of hydrogen-bond acceptors (Lipinski definition) is 1. The summed E-state index contributed by atoms with van der Waals surface area (Å²) in [5.74, 6) is 1.66. The smallest absolute Gasteiger partial charge is 0.0377 e. The third kappa shape index (κ3) is 3.75. The molecule has 1 N–H and O–H groups in total. The summed E-state index contributed by atoms with van der Waals surface area (Å²) in [5, 5.41) is 3.62. The molecule has 1 aliphatic rings. The fourth-order valence-corrected chi connectivity index (χ4v) is 3.47. The van der Waals surface area contributed by atoms with Crippen molar-refractivity contribution < 1.29 is 0 Å². The van der Waals surface area contributed by atoms with Crippen LogP contribution in [-0.4, -0.2) is 6.04 Å². The molecular weight excluding hydrogens is 230 g/mol. The van der Waals surface area contributed by atoms with Crippen LogP contribution in [0.3, 0.4) is 0 Å². The number of hydrogen-bond donors (Lipinski definition) is 1. The Balaban J connectivity index is 2.07. The molecule has 0 radical (unpaired) electrons. The second-order valence-corrected chi connectivity index (χ2v) is 6.22. The van der Waals surface area contributed by atoms with E-state index in [-0.39, 0.29) is 0 Å². The van der Waals surface area contributed by atoms with Crippen molar-refractivity contribution in [2.45, 2.75) is 71.3 Å². The van der Waals surface area contributed by atoms with Gasteiger partial charge in [0, 0.05) is 11.7 Å². The topological polar surface area (TPSA) is 12.0 Å². The molecule has 0 fully saturated rings. The zero-order chi connectivity index (χ0) is 13.7. The summed E-state index contributed by atoms with van der Waals surface area (Å²) in [4.78, 5) is 0. The highest BCUT2D eigenvalue weighted by Crippen LogP contribution is 2.39. The quantitative estimate of drug-likeness (QED) is 0.703. The Morgan fingerprint density at radius 2 is 2.05 bits per heavy atom. The molecule has 3 unspecified atom stereocenters. The van der Waals surface area contributed by atoms with Crippen molar-refractivity contribution in [2.75, 3.05) is 5.32 Å². The van der Waals surface area contributed by atoms with E-state index >= 15 is 0 Å². The van der Waals surface area contributed by atoms with Crippen LogP contribution in [0.2, 0.25) is 0 Å². The van der Waals surface area contributed by atoms with Gasteiger partial charge in [-0.15, -0.1) is 0 Å². The van der Waals surface area contributed by atoms with Crippen molar-refractivity contribution in [3.63, 3.8) is 0 Å². The molecule has 0 saturated carbocycles. The van der Waals surface area contributed by atoms with E-state index < -0.39 is 0 Å². The van der Waals surface area contributed by atoms with Gasteiger partial charge in [0.15, 0.2) is 0 Å². The molecule has 0 aliphatic carbocycles. The number of fused-ring (bicyclic) bond motifs is 1. The zero-order valence-corrected chi connectivity index (χ0v) is 12.8. The zero-order valence-electron chi connectivity index (χ0n) is 12.8. The van der Waals surface area contributed by atoms with Crippen molar-refractivity contribution in [3.8, 4) is 0 Å². The molecular formula is C18H29N. The highest BCUT2D eigenvalue weighted by Gasteiger charge is 2.25. The predicted molar refractivity (Wildman–Crippen MR) is 84.8 cm³/mol. The third-order valence-corrected chi connectivity index (χ3v) is 4.60. The number of anilines is 1. The summed E-state index contributed by atoms with van der Waals surface area (Å²) in [7, 11) is 0. The molecule has 2 rings (SSSR count). The Morgan fingerprint density at radius 1 is 1.26 bits per heavy atom. The number of nitrogens with one attached hydrogen (secondary N) is 1. The van der Waals surface area contributed by atoms with Crippen LogP contribution in [0.25, 0.3) is 0 Å². The van der Waals surface area contributed by atoms with Crippen LogP contribution in [0.1, 0.15) is 70.8 Å². The lowest BCUT2D eigenvalue weighted by Gasteiger charge is -2.33. The summed E-state index contributed by atoms with van der Waals surface area (Å²) >= 11 is 0. The van der Waals surface area contributed by atoms with E-state index in [4.69, 9.17) is 0 Å². The van der Waals surface area contributed by atoms with E-state index in [0.717, 1.165) is 11.8 Å². The highest BCUT2D eigenvalue weighted by molar-refractivity contribution is 5.55. The first-order valence-electron chi connectivity index (χ1n) is 8.10. The standard InChI is InChI=1S/C18H29N/c1-4-6-9-15(5-2)13-16-12-14(3)19-18-11-8-7-10-17(16)18/h7-8,10-11,14-16,19H,4-6,9,12-13H2,1-3H3. The van der Waals surface area contributed by atoms with E-state index in [1.807, 2.05) is 0 Å². The van der Waals surface area contributed by atoms with Crippen LogP contribution < -0.4 is 5.32 Å². The van der Waals surface area contributed by atoms with E-state index in [9.17, 15) is 0 Å². The lowest BCUT2D eigenvalue weighted by molar-refractivity contribution is 0.365. The Hall–Kier alpha value is -0.980. The Bertz CT molecular complexity index is 385. The molecule has 1 aliphatic heterocycles. The van der Waals surface area contributed by atoms with Crippen LogP contribution in [0.4, 0.5) is 5.69 Å². The summed E-state index contributed by atoms with van der Waals surface area (Å²) in [6.07, 6.45) is 8.13. The Labute approximate surface area is 118 Å². The maximum absolute atomic E-state index is 3.62. The van der Waals surface area contributed by atoms with Crippen LogP contribution in [0.5, 0.6) is 0 Å². The van der Waals surface area contributed by atoms with Gasteiger partial charge in [0.2, 0.25) is 0 Å². The van der Waals surface area contributed by atoms with Gasteiger partial charge >= 0.3 is 0 Å². The fourth-order valence-electron chi connectivity index (χ4n) is 3.47. The van der Waals surface area contributed by atoms with Crippen molar-refractivity contribution >= 4 is 5.69 Å². The van der Waals surface area contributed by atoms with E-state index in [0.29, 0.717) is 6.04 Å². The molecule has 1 heteroatoms. The first kappa shape index (κ1) is 14.4. The lowest BCUT2D eigenvalue weighted by Crippen LogP contribution is -2.26. The normalized spacial score (nSPS) is 23.5. The largest absolute Gasteiger partial charge is 0.382 e. The minimum absolute atomic E-state index is 0.614. The number of unbranched alkanes of at least 4 members (excludes halogenated alkanes) is 1. The summed E-state index contributed by atoms with van der Waals surface area (Å²) in [5.41, 5.74) is 2.92. The number of benzene rings is 1. The average Bonchev–Trinajstić information content (AvgIpc) is 2.43. The van der Waals surface area contributed by atoms with Crippen LogP contribution in [0, 0.1) is 5.92 Å². The van der Waals surface area contributed by atoms with Crippen LogP contribution in [-0.2, 0) is 0 Å². The molecule has 1 heterocycles. The molecule has 0 aromatic heterocycles. The van der Waals surface area contributed by atoms with Gasteiger partial charge in [0.05, 0.1) is 0 Å². The van der Waals surface area contributed by atoms with E-state index in [2.05, 4.69) is 50.4 Å². The Morgan fingerprint density at radius 3 is 2.79 bits per heavy atom. The lowest BCUT2D eigenvalue weighted by atomic mass is 9.79.